The molecule has 0 spiro atoms. The van der Waals surface area contributed by atoms with Crippen molar-refractivity contribution in [3.8, 4) is 0 Å². The maximum Gasteiger partial charge on any atom is 0.326 e. The summed E-state index contributed by atoms with van der Waals surface area (Å²) in [6.07, 6.45) is 1.61. The van der Waals surface area contributed by atoms with Crippen LogP contribution in [0.1, 0.15) is 0 Å². The second-order valence-corrected chi connectivity index (χ2v) is 1.61. The molecule has 9 heavy (non-hydrogen) atoms. The number of carboxylic acids is 1. The van der Waals surface area contributed by atoms with Gasteiger partial charge < -0.3 is 5.11 Å². The molecular formula is C4H7N3O2. The minimum absolute atomic E-state index is 0.0868. The van der Waals surface area contributed by atoms with Crippen LogP contribution < -0.4 is 5.43 Å². The van der Waals surface area contributed by atoms with Crippen molar-refractivity contribution in [1.29, 1.82) is 0 Å². The van der Waals surface area contributed by atoms with Crippen LogP contribution in [0.15, 0.2) is 5.10 Å². The highest BCUT2D eigenvalue weighted by atomic mass is 16.4. The van der Waals surface area contributed by atoms with Crippen molar-refractivity contribution < 1.29 is 9.90 Å². The Kier molecular flexibility index (Phi) is 1.64. The van der Waals surface area contributed by atoms with E-state index in [0.717, 1.165) is 0 Å². The highest BCUT2D eigenvalue weighted by molar-refractivity contribution is 5.69. The third-order valence-corrected chi connectivity index (χ3v) is 0.871. The fourth-order valence-corrected chi connectivity index (χ4v) is 0.551. The van der Waals surface area contributed by atoms with Crippen LogP contribution in [-0.2, 0) is 4.79 Å². The number of hydrogen-bond donors (Lipinski definition) is 2. The predicted molar refractivity (Wildman–Crippen MR) is 30.8 cm³/mol. The van der Waals surface area contributed by atoms with Crippen LogP contribution in [0.25, 0.3) is 0 Å². The summed E-state index contributed by atoms with van der Waals surface area (Å²) in [6.45, 7) is 0.532. The number of hydrazine groups is 1. The minimum atomic E-state index is -0.887. The van der Waals surface area contributed by atoms with E-state index >= 15 is 0 Å². The average Bonchev–Trinajstić information content (AvgIpc) is 2.15. The molecule has 0 saturated carbocycles. The number of hydrazone groups is 1. The van der Waals surface area contributed by atoms with Gasteiger partial charge in [-0.15, -0.1) is 0 Å². The molecule has 50 valence electrons. The summed E-state index contributed by atoms with van der Waals surface area (Å²) in [5, 5.41) is 13.2. The predicted octanol–water partition coefficient (Wildman–Crippen LogP) is -1.12. The molecule has 5 heteroatoms. The first-order valence-corrected chi connectivity index (χ1v) is 2.54. The lowest BCUT2D eigenvalue weighted by Gasteiger charge is -2.09. The fraction of sp³-hybridized carbons (Fsp3) is 0.500. The van der Waals surface area contributed by atoms with Gasteiger partial charge in [-0.1, -0.05) is 0 Å². The van der Waals surface area contributed by atoms with E-state index in [1.807, 2.05) is 0 Å². The first kappa shape index (κ1) is 6.03. The molecule has 1 heterocycles. The van der Waals surface area contributed by atoms with E-state index in [4.69, 9.17) is 5.11 Å². The summed E-state index contributed by atoms with van der Waals surface area (Å²) >= 11 is 0. The van der Waals surface area contributed by atoms with Gasteiger partial charge in [-0.2, -0.15) is 5.10 Å². The topological polar surface area (TPSA) is 64.9 Å². The van der Waals surface area contributed by atoms with Crippen molar-refractivity contribution in [2.24, 2.45) is 5.10 Å². The maximum absolute atomic E-state index is 10.00. The van der Waals surface area contributed by atoms with E-state index < -0.39 is 5.97 Å². The van der Waals surface area contributed by atoms with E-state index in [2.05, 4.69) is 10.5 Å². The quantitative estimate of drug-likeness (QED) is 0.495. The first-order chi connectivity index (χ1) is 4.29. The van der Waals surface area contributed by atoms with Crippen LogP contribution in [0, 0.1) is 0 Å². The zero-order valence-corrected chi connectivity index (χ0v) is 4.74. The van der Waals surface area contributed by atoms with E-state index in [1.165, 1.54) is 5.12 Å². The summed E-state index contributed by atoms with van der Waals surface area (Å²) in [4.78, 5) is 10.00. The molecule has 0 fully saturated rings. The zero-order chi connectivity index (χ0) is 6.69. The Hall–Kier alpha value is -1.10. The molecule has 0 aromatic heterocycles. The van der Waals surface area contributed by atoms with Crippen molar-refractivity contribution in [2.45, 2.75) is 0 Å². The summed E-state index contributed by atoms with van der Waals surface area (Å²) in [5.74, 6) is -0.887. The largest absolute Gasteiger partial charge is 0.480 e. The van der Waals surface area contributed by atoms with Gasteiger partial charge in [0.05, 0.1) is 6.54 Å². The monoisotopic (exact) mass is 129 g/mol. The number of nitrogens with zero attached hydrogens (tertiary/aromatic N) is 2. The van der Waals surface area contributed by atoms with Gasteiger partial charge in [-0.3, -0.25) is 4.79 Å². The smallest absolute Gasteiger partial charge is 0.326 e. The molecule has 2 N–H and O–H groups in total. The molecule has 1 aliphatic heterocycles. The molecule has 0 aromatic carbocycles. The standard InChI is InChI=1S/C4H7N3O2/c8-4(9)3-7-5-1-2-6-7/h1,6H,2-3H2,(H,8,9). The van der Waals surface area contributed by atoms with Gasteiger partial charge in [0.25, 0.3) is 0 Å². The Labute approximate surface area is 51.9 Å². The SMILES string of the molecule is O=C(O)CN1N=CCN1. The Balaban J connectivity index is 2.28. The normalized spacial score (nSPS) is 16.7. The summed E-state index contributed by atoms with van der Waals surface area (Å²) in [7, 11) is 0. The van der Waals surface area contributed by atoms with E-state index in [-0.39, 0.29) is 6.54 Å². The molecule has 0 unspecified atom stereocenters. The van der Waals surface area contributed by atoms with Gasteiger partial charge in [0.15, 0.2) is 6.54 Å². The molecule has 0 saturated heterocycles. The highest BCUT2D eigenvalue weighted by Crippen LogP contribution is 1.86. The Morgan fingerprint density at radius 2 is 2.78 bits per heavy atom. The van der Waals surface area contributed by atoms with Crippen molar-refractivity contribution in [3.63, 3.8) is 0 Å². The third kappa shape index (κ3) is 1.69. The summed E-state index contributed by atoms with van der Waals surface area (Å²) in [6, 6.07) is 0. The lowest BCUT2D eigenvalue weighted by Crippen LogP contribution is -2.33. The molecule has 1 rings (SSSR count). The van der Waals surface area contributed by atoms with Crippen LogP contribution >= 0.6 is 0 Å². The molecular weight excluding hydrogens is 122 g/mol. The van der Waals surface area contributed by atoms with Crippen molar-refractivity contribution in [2.75, 3.05) is 13.1 Å². The van der Waals surface area contributed by atoms with E-state index in [1.54, 1.807) is 6.21 Å². The van der Waals surface area contributed by atoms with Crippen molar-refractivity contribution >= 4 is 12.2 Å². The zero-order valence-electron chi connectivity index (χ0n) is 4.74. The van der Waals surface area contributed by atoms with Gasteiger partial charge in [-0.05, 0) is 0 Å². The second kappa shape index (κ2) is 2.45. The third-order valence-electron chi connectivity index (χ3n) is 0.871. The highest BCUT2D eigenvalue weighted by Gasteiger charge is 2.07. The van der Waals surface area contributed by atoms with Gasteiger partial charge in [-0.25, -0.2) is 10.5 Å². The average molecular weight is 129 g/mol. The van der Waals surface area contributed by atoms with Crippen LogP contribution in [0.4, 0.5) is 0 Å². The van der Waals surface area contributed by atoms with Crippen molar-refractivity contribution in [3.05, 3.63) is 0 Å². The van der Waals surface area contributed by atoms with Crippen LogP contribution in [0.3, 0.4) is 0 Å². The minimum Gasteiger partial charge on any atom is -0.480 e. The molecule has 0 amide bonds. The number of rotatable bonds is 2. The van der Waals surface area contributed by atoms with Crippen LogP contribution in [0.5, 0.6) is 0 Å². The van der Waals surface area contributed by atoms with Gasteiger partial charge in [0.2, 0.25) is 0 Å². The number of aliphatic carboxylic acids is 1. The van der Waals surface area contributed by atoms with Gasteiger partial charge in [0.1, 0.15) is 0 Å². The molecule has 1 aliphatic rings. The number of carbonyl (C=O) groups is 1. The van der Waals surface area contributed by atoms with E-state index in [0.29, 0.717) is 6.54 Å². The van der Waals surface area contributed by atoms with Crippen molar-refractivity contribution in [1.82, 2.24) is 10.5 Å². The Morgan fingerprint density at radius 3 is 3.22 bits per heavy atom. The van der Waals surface area contributed by atoms with Crippen LogP contribution in [-0.4, -0.2) is 35.5 Å². The molecule has 0 aliphatic carbocycles. The number of hydrogen-bond acceptors (Lipinski definition) is 4. The Morgan fingerprint density at radius 1 is 2.00 bits per heavy atom. The van der Waals surface area contributed by atoms with Crippen LogP contribution in [0.2, 0.25) is 0 Å². The molecule has 5 nitrogen and oxygen atoms in total. The molecule has 0 aromatic rings. The summed E-state index contributed by atoms with van der Waals surface area (Å²) < 4.78 is 0. The van der Waals surface area contributed by atoms with Gasteiger partial charge in [0, 0.05) is 6.21 Å². The number of nitrogens with one attached hydrogen (secondary N) is 1. The Bertz CT molecular complexity index is 145. The first-order valence-electron chi connectivity index (χ1n) is 2.54. The fourth-order valence-electron chi connectivity index (χ4n) is 0.551. The van der Waals surface area contributed by atoms with Gasteiger partial charge >= 0.3 is 5.97 Å². The maximum atomic E-state index is 10.00. The molecule has 0 bridgehead atoms. The number of carboxylic acid groups (broad SMARTS) is 1. The molecule has 0 radical (unpaired) electrons. The lowest BCUT2D eigenvalue weighted by atomic mass is 10.7. The second-order valence-electron chi connectivity index (χ2n) is 1.61. The lowest BCUT2D eigenvalue weighted by molar-refractivity contribution is -0.138. The van der Waals surface area contributed by atoms with E-state index in [9.17, 15) is 4.79 Å². The summed E-state index contributed by atoms with van der Waals surface area (Å²) in [5.41, 5.74) is 2.72. The molecule has 0 atom stereocenters.